The molecule has 0 bridgehead atoms. The van der Waals surface area contributed by atoms with E-state index in [4.69, 9.17) is 16.7 Å². The number of hydrogen-bond donors (Lipinski definition) is 1. The largest absolute Gasteiger partial charge is 0.354 e. The number of nitrogens with zero attached hydrogens (tertiary/aromatic N) is 3. The maximum atomic E-state index is 15.3. The molecule has 200 valence electrons. The minimum atomic E-state index is -0.555. The highest BCUT2D eigenvalue weighted by Gasteiger charge is 2.38. The number of hydrogen-bond acceptors (Lipinski definition) is 4. The average Bonchev–Trinajstić information content (AvgIpc) is 3.25. The van der Waals surface area contributed by atoms with E-state index in [0.717, 1.165) is 5.56 Å². The van der Waals surface area contributed by atoms with E-state index in [1.807, 2.05) is 62.4 Å². The average molecular weight is 563 g/mol. The number of anilines is 1. The van der Waals surface area contributed by atoms with Gasteiger partial charge in [0.1, 0.15) is 18.2 Å². The summed E-state index contributed by atoms with van der Waals surface area (Å²) in [6, 6.07) is 23.3. The number of fused-ring (bicyclic) bond motifs is 1. The Hall–Kier alpha value is -3.62. The van der Waals surface area contributed by atoms with E-state index >= 15 is 4.39 Å². The van der Waals surface area contributed by atoms with Crippen LogP contribution in [0, 0.1) is 11.7 Å². The van der Waals surface area contributed by atoms with Gasteiger partial charge in [-0.05, 0) is 24.1 Å². The number of nitrogens with one attached hydrogen (secondary N) is 1. The first-order valence-electron chi connectivity index (χ1n) is 12.7. The van der Waals surface area contributed by atoms with Crippen molar-refractivity contribution in [2.45, 2.75) is 19.1 Å². The number of amides is 2. The number of halogens is 2. The molecule has 0 saturated heterocycles. The molecule has 0 radical (unpaired) electrons. The predicted molar refractivity (Wildman–Crippen MR) is 155 cm³/mol. The van der Waals surface area contributed by atoms with E-state index in [-0.39, 0.29) is 35.8 Å². The molecule has 2 amide bonds. The molecule has 1 atom stereocenters. The second-order valence-electron chi connectivity index (χ2n) is 9.71. The van der Waals surface area contributed by atoms with Gasteiger partial charge in [0, 0.05) is 23.2 Å². The van der Waals surface area contributed by atoms with Gasteiger partial charge in [0.2, 0.25) is 11.8 Å². The topological polar surface area (TPSA) is 67.2 Å². The fourth-order valence-electron chi connectivity index (χ4n) is 4.57. The van der Waals surface area contributed by atoms with Gasteiger partial charge in [-0.3, -0.25) is 14.5 Å². The SMILES string of the molecule is CC(C)CNC(=O)CN1C(=O)CS[C@@H](c2ccccc2F)c2c(-c3ccccc3)nn(-c3ccccc3Cl)c21. The summed E-state index contributed by atoms with van der Waals surface area (Å²) in [5.41, 5.74) is 3.04. The number of thioether (sulfide) groups is 1. The molecule has 0 saturated carbocycles. The number of para-hydroxylation sites is 1. The van der Waals surface area contributed by atoms with Crippen LogP contribution in [0.5, 0.6) is 0 Å². The smallest absolute Gasteiger partial charge is 0.240 e. The van der Waals surface area contributed by atoms with Crippen LogP contribution in [0.1, 0.15) is 30.2 Å². The third-order valence-electron chi connectivity index (χ3n) is 6.41. The van der Waals surface area contributed by atoms with Gasteiger partial charge in [-0.1, -0.05) is 86.1 Å². The van der Waals surface area contributed by atoms with Crippen molar-refractivity contribution in [2.24, 2.45) is 5.92 Å². The van der Waals surface area contributed by atoms with Crippen LogP contribution in [0.15, 0.2) is 78.9 Å². The van der Waals surface area contributed by atoms with Gasteiger partial charge in [0.25, 0.3) is 0 Å². The summed E-state index contributed by atoms with van der Waals surface area (Å²) in [4.78, 5) is 28.2. The van der Waals surface area contributed by atoms with Crippen molar-refractivity contribution < 1.29 is 14.0 Å². The highest BCUT2D eigenvalue weighted by molar-refractivity contribution is 8.00. The third-order valence-corrected chi connectivity index (χ3v) is 7.97. The first-order valence-corrected chi connectivity index (χ1v) is 14.1. The number of carbonyl (C=O) groups excluding carboxylic acids is 2. The molecule has 1 aliphatic rings. The number of aromatic nitrogens is 2. The minimum Gasteiger partial charge on any atom is -0.354 e. The van der Waals surface area contributed by atoms with E-state index in [9.17, 15) is 9.59 Å². The molecule has 4 aromatic rings. The summed E-state index contributed by atoms with van der Waals surface area (Å²) in [5.74, 6) is -0.213. The molecule has 1 N–H and O–H groups in total. The van der Waals surface area contributed by atoms with Crippen LogP contribution in [-0.4, -0.2) is 40.4 Å². The van der Waals surface area contributed by atoms with Crippen molar-refractivity contribution in [1.29, 1.82) is 0 Å². The molecule has 3 aromatic carbocycles. The van der Waals surface area contributed by atoms with Gasteiger partial charge >= 0.3 is 0 Å². The predicted octanol–water partition coefficient (Wildman–Crippen LogP) is 6.27. The number of rotatable bonds is 7. The lowest BCUT2D eigenvalue weighted by Crippen LogP contribution is -2.43. The third kappa shape index (κ3) is 5.58. The molecule has 39 heavy (non-hydrogen) atoms. The molecule has 6 nitrogen and oxygen atoms in total. The van der Waals surface area contributed by atoms with Crippen LogP contribution < -0.4 is 10.2 Å². The lowest BCUT2D eigenvalue weighted by Gasteiger charge is -2.23. The zero-order chi connectivity index (χ0) is 27.5. The van der Waals surface area contributed by atoms with E-state index in [1.165, 1.54) is 22.7 Å². The fourth-order valence-corrected chi connectivity index (χ4v) is 6.01. The Labute approximate surface area is 236 Å². The molecule has 9 heteroatoms. The molecule has 1 aromatic heterocycles. The van der Waals surface area contributed by atoms with Crippen molar-refractivity contribution in [2.75, 3.05) is 23.7 Å². The van der Waals surface area contributed by atoms with E-state index < -0.39 is 5.25 Å². The quantitative estimate of drug-likeness (QED) is 0.288. The molecule has 5 rings (SSSR count). The first kappa shape index (κ1) is 27.0. The summed E-state index contributed by atoms with van der Waals surface area (Å²) in [7, 11) is 0. The Bertz CT molecular complexity index is 1510. The Morgan fingerprint density at radius 1 is 1.08 bits per heavy atom. The Morgan fingerprint density at radius 2 is 1.77 bits per heavy atom. The number of benzene rings is 3. The molecular formula is C30H28ClFN4O2S. The first-order chi connectivity index (χ1) is 18.8. The maximum absolute atomic E-state index is 15.3. The second-order valence-corrected chi connectivity index (χ2v) is 11.2. The molecule has 0 aliphatic carbocycles. The van der Waals surface area contributed by atoms with Gasteiger partial charge in [0.15, 0.2) is 0 Å². The van der Waals surface area contributed by atoms with Crippen LogP contribution in [-0.2, 0) is 9.59 Å². The number of carbonyl (C=O) groups is 2. The van der Waals surface area contributed by atoms with Crippen molar-refractivity contribution in [3.8, 4) is 16.9 Å². The highest BCUT2D eigenvalue weighted by atomic mass is 35.5. The van der Waals surface area contributed by atoms with Gasteiger partial charge < -0.3 is 5.32 Å². The minimum absolute atomic E-state index is 0.0574. The van der Waals surface area contributed by atoms with Crippen LogP contribution in [0.3, 0.4) is 0 Å². The molecule has 2 heterocycles. The summed E-state index contributed by atoms with van der Waals surface area (Å²) >= 11 is 7.97. The van der Waals surface area contributed by atoms with Gasteiger partial charge in [-0.25, -0.2) is 9.07 Å². The molecule has 0 spiro atoms. The van der Waals surface area contributed by atoms with E-state index in [2.05, 4.69) is 5.32 Å². The van der Waals surface area contributed by atoms with Crippen LogP contribution in [0.4, 0.5) is 10.2 Å². The monoisotopic (exact) mass is 562 g/mol. The van der Waals surface area contributed by atoms with Crippen molar-refractivity contribution in [3.63, 3.8) is 0 Å². The Kier molecular flexibility index (Phi) is 8.04. The summed E-state index contributed by atoms with van der Waals surface area (Å²) in [6.07, 6.45) is 0. The zero-order valence-corrected chi connectivity index (χ0v) is 23.2. The highest BCUT2D eigenvalue weighted by Crippen LogP contribution is 2.49. The molecule has 0 unspecified atom stereocenters. The van der Waals surface area contributed by atoms with Gasteiger partial charge in [-0.2, -0.15) is 5.10 Å². The molecular weight excluding hydrogens is 535 g/mol. The van der Waals surface area contributed by atoms with Gasteiger partial charge in [0.05, 0.1) is 27.4 Å². The Balaban J connectivity index is 1.79. The zero-order valence-electron chi connectivity index (χ0n) is 21.6. The van der Waals surface area contributed by atoms with Crippen molar-refractivity contribution >= 4 is 41.0 Å². The fraction of sp³-hybridized carbons (Fsp3) is 0.233. The van der Waals surface area contributed by atoms with Crippen molar-refractivity contribution in [1.82, 2.24) is 15.1 Å². The van der Waals surface area contributed by atoms with Crippen LogP contribution >= 0.6 is 23.4 Å². The van der Waals surface area contributed by atoms with E-state index in [0.29, 0.717) is 39.9 Å². The van der Waals surface area contributed by atoms with Crippen molar-refractivity contribution in [3.05, 3.63) is 101 Å². The summed E-state index contributed by atoms with van der Waals surface area (Å²) in [5, 5.41) is 7.76. The Morgan fingerprint density at radius 3 is 2.49 bits per heavy atom. The lowest BCUT2D eigenvalue weighted by molar-refractivity contribution is -0.123. The maximum Gasteiger partial charge on any atom is 0.240 e. The lowest BCUT2D eigenvalue weighted by atomic mass is 9.99. The summed E-state index contributed by atoms with van der Waals surface area (Å²) in [6.45, 7) is 4.29. The molecule has 1 aliphatic heterocycles. The normalized spacial score (nSPS) is 15.3. The summed E-state index contributed by atoms with van der Waals surface area (Å²) < 4.78 is 16.9. The van der Waals surface area contributed by atoms with Crippen LogP contribution in [0.25, 0.3) is 16.9 Å². The standard InChI is InChI=1S/C30H28ClFN4O2S/c1-19(2)16-33-25(37)17-35-26(38)18-39-29(21-12-6-8-14-23(21)32)27-28(20-10-4-3-5-11-20)34-36(30(27)35)24-15-9-7-13-22(24)31/h3-15,19,29H,16-18H2,1-2H3,(H,33,37)/t29-/m0/s1. The van der Waals surface area contributed by atoms with Gasteiger partial charge in [-0.15, -0.1) is 11.8 Å². The van der Waals surface area contributed by atoms with Crippen LogP contribution in [0.2, 0.25) is 5.02 Å². The second kappa shape index (κ2) is 11.6. The van der Waals surface area contributed by atoms with E-state index in [1.54, 1.807) is 28.9 Å². The molecule has 0 fully saturated rings.